The standard InChI is InChI=1S/C22H17F3N4O2S2/c23-22(24,25)15-8-9-17-16(11-15)26-21(29(17)12-14-5-2-1-3-6-14)33-13-19(30)27-28-20(31)18-7-4-10-32-18/h1-11H,12-13H2,(H,27,30)(H,28,31). The SMILES string of the molecule is O=C(CSc1nc2cc(C(F)(F)F)ccc2n1Cc1ccccc1)NNC(=O)c1cccs1. The third-order valence-electron chi connectivity index (χ3n) is 4.62. The van der Waals surface area contributed by atoms with Gasteiger partial charge >= 0.3 is 6.18 Å². The summed E-state index contributed by atoms with van der Waals surface area (Å²) >= 11 is 2.31. The van der Waals surface area contributed by atoms with Crippen LogP contribution in [-0.4, -0.2) is 27.1 Å². The number of fused-ring (bicyclic) bond motifs is 1. The molecule has 0 aliphatic heterocycles. The van der Waals surface area contributed by atoms with Gasteiger partial charge in [0.1, 0.15) is 0 Å². The fourth-order valence-electron chi connectivity index (χ4n) is 3.08. The van der Waals surface area contributed by atoms with Gasteiger partial charge in [0, 0.05) is 0 Å². The minimum Gasteiger partial charge on any atom is -0.314 e. The Morgan fingerprint density at radius 2 is 1.82 bits per heavy atom. The molecular formula is C22H17F3N4O2S2. The van der Waals surface area contributed by atoms with E-state index in [1.807, 2.05) is 30.3 Å². The quantitative estimate of drug-likeness (QED) is 0.303. The van der Waals surface area contributed by atoms with Gasteiger partial charge in [-0.2, -0.15) is 13.2 Å². The zero-order valence-electron chi connectivity index (χ0n) is 16.9. The molecule has 2 aromatic heterocycles. The number of nitrogens with one attached hydrogen (secondary N) is 2. The first-order valence-corrected chi connectivity index (χ1v) is 11.5. The predicted octanol–water partition coefficient (Wildman–Crippen LogP) is 4.72. The number of alkyl halides is 3. The summed E-state index contributed by atoms with van der Waals surface area (Å²) in [6, 6.07) is 16.2. The second-order valence-electron chi connectivity index (χ2n) is 6.94. The number of amides is 2. The number of imidazole rings is 1. The van der Waals surface area contributed by atoms with Crippen LogP contribution < -0.4 is 10.9 Å². The first-order valence-electron chi connectivity index (χ1n) is 9.68. The highest BCUT2D eigenvalue weighted by Gasteiger charge is 2.31. The van der Waals surface area contributed by atoms with E-state index in [-0.39, 0.29) is 11.3 Å². The van der Waals surface area contributed by atoms with Gasteiger partial charge in [-0.1, -0.05) is 48.2 Å². The molecular weight excluding hydrogens is 473 g/mol. The lowest BCUT2D eigenvalue weighted by Crippen LogP contribution is -2.42. The topological polar surface area (TPSA) is 76.0 Å². The smallest absolute Gasteiger partial charge is 0.314 e. The van der Waals surface area contributed by atoms with Crippen LogP contribution in [0.3, 0.4) is 0 Å². The maximum absolute atomic E-state index is 13.1. The third kappa shape index (κ3) is 5.55. The van der Waals surface area contributed by atoms with Crippen LogP contribution in [0.1, 0.15) is 20.8 Å². The van der Waals surface area contributed by atoms with E-state index < -0.39 is 23.6 Å². The molecule has 0 fully saturated rings. The number of thioether (sulfide) groups is 1. The van der Waals surface area contributed by atoms with Crippen LogP contribution in [0.5, 0.6) is 0 Å². The second-order valence-corrected chi connectivity index (χ2v) is 8.83. The van der Waals surface area contributed by atoms with Crippen LogP contribution in [0.25, 0.3) is 11.0 Å². The average Bonchev–Trinajstić information content (AvgIpc) is 3.44. The molecule has 0 radical (unpaired) electrons. The number of hydrazine groups is 1. The van der Waals surface area contributed by atoms with E-state index in [4.69, 9.17) is 0 Å². The lowest BCUT2D eigenvalue weighted by Gasteiger charge is -2.10. The number of hydrogen-bond acceptors (Lipinski definition) is 5. The first-order chi connectivity index (χ1) is 15.8. The number of halogens is 3. The van der Waals surface area contributed by atoms with Gasteiger partial charge in [0.25, 0.3) is 5.91 Å². The number of rotatable bonds is 6. The fraction of sp³-hybridized carbons (Fsp3) is 0.136. The van der Waals surface area contributed by atoms with Crippen LogP contribution in [-0.2, 0) is 17.5 Å². The van der Waals surface area contributed by atoms with Gasteiger partial charge in [-0.15, -0.1) is 11.3 Å². The van der Waals surface area contributed by atoms with Gasteiger partial charge in [0.15, 0.2) is 5.16 Å². The molecule has 170 valence electrons. The van der Waals surface area contributed by atoms with Gasteiger partial charge < -0.3 is 4.57 Å². The Balaban J connectivity index is 1.52. The molecule has 0 bridgehead atoms. The normalized spacial score (nSPS) is 11.5. The fourth-order valence-corrected chi connectivity index (χ4v) is 4.51. The molecule has 0 saturated carbocycles. The Bertz CT molecular complexity index is 1270. The summed E-state index contributed by atoms with van der Waals surface area (Å²) in [4.78, 5) is 29.0. The monoisotopic (exact) mass is 490 g/mol. The summed E-state index contributed by atoms with van der Waals surface area (Å²) in [6.07, 6.45) is -4.48. The minimum absolute atomic E-state index is 0.0883. The molecule has 0 spiro atoms. The summed E-state index contributed by atoms with van der Waals surface area (Å²) in [6.45, 7) is 0.377. The highest BCUT2D eigenvalue weighted by atomic mass is 32.2. The summed E-state index contributed by atoms with van der Waals surface area (Å²) in [5.74, 6) is -0.992. The highest BCUT2D eigenvalue weighted by Crippen LogP contribution is 2.33. The molecule has 2 aromatic carbocycles. The summed E-state index contributed by atoms with van der Waals surface area (Å²) < 4.78 is 41.2. The molecule has 33 heavy (non-hydrogen) atoms. The van der Waals surface area contributed by atoms with E-state index in [0.717, 1.165) is 29.5 Å². The minimum atomic E-state index is -4.48. The maximum Gasteiger partial charge on any atom is 0.416 e. The molecule has 2 amide bonds. The molecule has 6 nitrogen and oxygen atoms in total. The summed E-state index contributed by atoms with van der Waals surface area (Å²) in [5.41, 5.74) is 5.53. The van der Waals surface area contributed by atoms with Crippen molar-refractivity contribution in [1.82, 2.24) is 20.4 Å². The lowest BCUT2D eigenvalue weighted by molar-refractivity contribution is -0.137. The van der Waals surface area contributed by atoms with Gasteiger partial charge in [-0.25, -0.2) is 4.98 Å². The number of carbonyl (C=O) groups excluding carboxylic acids is 2. The van der Waals surface area contributed by atoms with Crippen molar-refractivity contribution in [3.63, 3.8) is 0 Å². The van der Waals surface area contributed by atoms with E-state index in [0.29, 0.717) is 22.1 Å². The molecule has 2 N–H and O–H groups in total. The molecule has 0 saturated heterocycles. The van der Waals surface area contributed by atoms with Crippen molar-refractivity contribution in [3.05, 3.63) is 82.0 Å². The van der Waals surface area contributed by atoms with Crippen molar-refractivity contribution in [3.8, 4) is 0 Å². The zero-order chi connectivity index (χ0) is 23.4. The Labute approximate surface area is 194 Å². The van der Waals surface area contributed by atoms with Gasteiger partial charge in [0.2, 0.25) is 5.91 Å². The van der Waals surface area contributed by atoms with Gasteiger partial charge in [0.05, 0.1) is 33.8 Å². The Hall–Kier alpha value is -3.31. The van der Waals surface area contributed by atoms with Gasteiger partial charge in [-0.3, -0.25) is 20.4 Å². The van der Waals surface area contributed by atoms with Crippen LogP contribution in [0.4, 0.5) is 13.2 Å². The molecule has 2 heterocycles. The number of benzene rings is 2. The van der Waals surface area contributed by atoms with Crippen molar-refractivity contribution in [1.29, 1.82) is 0 Å². The average molecular weight is 491 g/mol. The lowest BCUT2D eigenvalue weighted by atomic mass is 10.2. The largest absolute Gasteiger partial charge is 0.416 e. The Kier molecular flexibility index (Phi) is 6.70. The predicted molar refractivity (Wildman–Crippen MR) is 121 cm³/mol. The van der Waals surface area contributed by atoms with Crippen LogP contribution in [0.15, 0.2) is 71.2 Å². The van der Waals surface area contributed by atoms with Crippen molar-refractivity contribution in [2.24, 2.45) is 0 Å². The number of thiophene rings is 1. The molecule has 0 aliphatic rings. The van der Waals surface area contributed by atoms with E-state index in [1.54, 1.807) is 22.1 Å². The van der Waals surface area contributed by atoms with Crippen molar-refractivity contribution >= 4 is 45.9 Å². The van der Waals surface area contributed by atoms with Crippen molar-refractivity contribution < 1.29 is 22.8 Å². The van der Waals surface area contributed by atoms with Crippen molar-refractivity contribution in [2.75, 3.05) is 5.75 Å². The third-order valence-corrected chi connectivity index (χ3v) is 6.46. The second kappa shape index (κ2) is 9.67. The number of nitrogens with zero attached hydrogens (tertiary/aromatic N) is 2. The number of hydrogen-bond donors (Lipinski definition) is 2. The van der Waals surface area contributed by atoms with Crippen LogP contribution >= 0.6 is 23.1 Å². The molecule has 11 heteroatoms. The molecule has 4 rings (SSSR count). The van der Waals surface area contributed by atoms with Gasteiger partial charge in [-0.05, 0) is 35.2 Å². The van der Waals surface area contributed by atoms with Crippen molar-refractivity contribution in [2.45, 2.75) is 17.9 Å². The first kappa shape index (κ1) is 22.9. The highest BCUT2D eigenvalue weighted by molar-refractivity contribution is 7.99. The zero-order valence-corrected chi connectivity index (χ0v) is 18.6. The van der Waals surface area contributed by atoms with E-state index in [1.165, 1.54) is 17.4 Å². The molecule has 0 atom stereocenters. The van der Waals surface area contributed by atoms with E-state index >= 15 is 0 Å². The number of carbonyl (C=O) groups is 2. The Morgan fingerprint density at radius 1 is 1.03 bits per heavy atom. The Morgan fingerprint density at radius 3 is 2.52 bits per heavy atom. The van der Waals surface area contributed by atoms with Crippen LogP contribution in [0, 0.1) is 0 Å². The maximum atomic E-state index is 13.1. The van der Waals surface area contributed by atoms with E-state index in [2.05, 4.69) is 15.8 Å². The summed E-state index contributed by atoms with van der Waals surface area (Å²) in [7, 11) is 0. The van der Waals surface area contributed by atoms with Crippen LogP contribution in [0.2, 0.25) is 0 Å². The van der Waals surface area contributed by atoms with E-state index in [9.17, 15) is 22.8 Å². The summed E-state index contributed by atoms with van der Waals surface area (Å²) in [5, 5.41) is 2.14. The number of aromatic nitrogens is 2. The molecule has 4 aromatic rings. The molecule has 0 aliphatic carbocycles. The molecule has 0 unspecified atom stereocenters.